The molecule has 0 spiro atoms. The maximum Gasteiger partial charge on any atom is 0.0544 e. The van der Waals surface area contributed by atoms with Crippen LogP contribution in [0.15, 0.2) is 0 Å². The highest BCUT2D eigenvalue weighted by Gasteiger charge is 2.35. The molecule has 2 unspecified atom stereocenters. The zero-order valence-electron chi connectivity index (χ0n) is 7.22. The van der Waals surface area contributed by atoms with Gasteiger partial charge < -0.3 is 5.11 Å². The Morgan fingerprint density at radius 2 is 1.80 bits per heavy atom. The van der Waals surface area contributed by atoms with Gasteiger partial charge in [0.2, 0.25) is 0 Å². The van der Waals surface area contributed by atoms with Gasteiger partial charge in [0, 0.05) is 0 Å². The number of hydrogen-bond acceptors (Lipinski definition) is 1. The van der Waals surface area contributed by atoms with Crippen LogP contribution in [0.3, 0.4) is 0 Å². The van der Waals surface area contributed by atoms with E-state index < -0.39 is 8.07 Å². The molecule has 0 aromatic carbocycles. The first-order chi connectivity index (χ1) is 4.52. The summed E-state index contributed by atoms with van der Waals surface area (Å²) in [6.07, 6.45) is 3.61. The molecule has 1 saturated carbocycles. The fourth-order valence-corrected chi connectivity index (χ4v) is 4.34. The Labute approximate surface area is 64.5 Å². The normalized spacial score (nSPS) is 34.8. The summed E-state index contributed by atoms with van der Waals surface area (Å²) in [5, 5.41) is 9.56. The van der Waals surface area contributed by atoms with Crippen molar-refractivity contribution in [3.8, 4) is 0 Å². The molecule has 1 aliphatic carbocycles. The van der Waals surface area contributed by atoms with Crippen molar-refractivity contribution in [1.82, 2.24) is 0 Å². The SMILES string of the molecule is C[Si](C)(C)C1CCCC1O. The van der Waals surface area contributed by atoms with Crippen molar-refractivity contribution >= 4 is 8.07 Å². The maximum atomic E-state index is 9.56. The van der Waals surface area contributed by atoms with E-state index in [4.69, 9.17) is 0 Å². The maximum absolute atomic E-state index is 9.56. The minimum Gasteiger partial charge on any atom is -0.393 e. The van der Waals surface area contributed by atoms with Crippen LogP contribution in [0.1, 0.15) is 19.3 Å². The Morgan fingerprint density at radius 1 is 1.20 bits per heavy atom. The average Bonchev–Trinajstić information content (AvgIpc) is 2.11. The Morgan fingerprint density at radius 3 is 2.00 bits per heavy atom. The van der Waals surface area contributed by atoms with Crippen LogP contribution in [0.4, 0.5) is 0 Å². The van der Waals surface area contributed by atoms with Gasteiger partial charge in [-0.05, 0) is 12.0 Å². The molecule has 0 aromatic rings. The van der Waals surface area contributed by atoms with Crippen LogP contribution in [0.25, 0.3) is 0 Å². The van der Waals surface area contributed by atoms with Crippen LogP contribution in [0.2, 0.25) is 25.2 Å². The molecule has 0 aromatic heterocycles. The predicted molar refractivity (Wildman–Crippen MR) is 47.0 cm³/mol. The van der Waals surface area contributed by atoms with E-state index in [9.17, 15) is 5.11 Å². The quantitative estimate of drug-likeness (QED) is 0.580. The molecule has 1 aliphatic rings. The van der Waals surface area contributed by atoms with Gasteiger partial charge in [-0.3, -0.25) is 0 Å². The van der Waals surface area contributed by atoms with Crippen molar-refractivity contribution in [2.24, 2.45) is 0 Å². The van der Waals surface area contributed by atoms with Crippen molar-refractivity contribution in [3.05, 3.63) is 0 Å². The van der Waals surface area contributed by atoms with Gasteiger partial charge in [0.15, 0.2) is 0 Å². The molecule has 0 saturated heterocycles. The van der Waals surface area contributed by atoms with Crippen molar-refractivity contribution in [3.63, 3.8) is 0 Å². The van der Waals surface area contributed by atoms with Gasteiger partial charge in [-0.25, -0.2) is 0 Å². The fraction of sp³-hybridized carbons (Fsp3) is 1.00. The van der Waals surface area contributed by atoms with Gasteiger partial charge >= 0.3 is 0 Å². The van der Waals surface area contributed by atoms with E-state index >= 15 is 0 Å². The van der Waals surface area contributed by atoms with Crippen LogP contribution in [-0.2, 0) is 0 Å². The molecular weight excluding hydrogens is 140 g/mol. The second-order valence-corrected chi connectivity index (χ2v) is 9.94. The molecule has 1 N–H and O–H groups in total. The molecule has 0 radical (unpaired) electrons. The van der Waals surface area contributed by atoms with E-state index in [-0.39, 0.29) is 6.10 Å². The average molecular weight is 158 g/mol. The standard InChI is InChI=1S/C8H18OSi/c1-10(2,3)8-6-4-5-7(8)9/h7-9H,4-6H2,1-3H3. The Hall–Kier alpha value is 0.177. The number of aliphatic hydroxyl groups excluding tert-OH is 1. The van der Waals surface area contributed by atoms with Gasteiger partial charge in [-0.1, -0.05) is 32.5 Å². The number of hydrogen-bond donors (Lipinski definition) is 1. The van der Waals surface area contributed by atoms with Crippen molar-refractivity contribution in [2.75, 3.05) is 0 Å². The third kappa shape index (κ3) is 1.61. The van der Waals surface area contributed by atoms with Gasteiger partial charge in [-0.2, -0.15) is 0 Å². The van der Waals surface area contributed by atoms with Gasteiger partial charge in [-0.15, -0.1) is 0 Å². The minimum atomic E-state index is -1.04. The van der Waals surface area contributed by atoms with E-state index in [0.29, 0.717) is 5.54 Å². The summed E-state index contributed by atoms with van der Waals surface area (Å²) < 4.78 is 0. The number of aliphatic hydroxyl groups is 1. The van der Waals surface area contributed by atoms with E-state index in [1.807, 2.05) is 0 Å². The monoisotopic (exact) mass is 158 g/mol. The molecule has 0 bridgehead atoms. The van der Waals surface area contributed by atoms with Crippen LogP contribution < -0.4 is 0 Å². The van der Waals surface area contributed by atoms with Gasteiger partial charge in [0.1, 0.15) is 0 Å². The molecule has 0 heterocycles. The van der Waals surface area contributed by atoms with Gasteiger partial charge in [0.25, 0.3) is 0 Å². The van der Waals surface area contributed by atoms with Gasteiger partial charge in [0.05, 0.1) is 14.2 Å². The summed E-state index contributed by atoms with van der Waals surface area (Å²) in [5.74, 6) is 0. The van der Waals surface area contributed by atoms with E-state index in [1.165, 1.54) is 12.8 Å². The van der Waals surface area contributed by atoms with E-state index in [2.05, 4.69) is 19.6 Å². The second kappa shape index (κ2) is 2.66. The lowest BCUT2D eigenvalue weighted by Gasteiger charge is -2.27. The molecule has 1 nitrogen and oxygen atoms in total. The summed E-state index contributed by atoms with van der Waals surface area (Å²) in [6, 6.07) is 0. The van der Waals surface area contributed by atoms with Crippen LogP contribution in [0.5, 0.6) is 0 Å². The first-order valence-electron chi connectivity index (χ1n) is 4.20. The van der Waals surface area contributed by atoms with Crippen LogP contribution >= 0.6 is 0 Å². The lowest BCUT2D eigenvalue weighted by molar-refractivity contribution is 0.181. The first kappa shape index (κ1) is 8.28. The third-order valence-electron chi connectivity index (χ3n) is 2.59. The summed E-state index contributed by atoms with van der Waals surface area (Å²) in [5.41, 5.74) is 0.674. The fourth-order valence-electron chi connectivity index (χ4n) is 1.95. The molecule has 2 atom stereocenters. The highest BCUT2D eigenvalue weighted by atomic mass is 28.3. The Balaban J connectivity index is 2.55. The smallest absolute Gasteiger partial charge is 0.0544 e. The van der Waals surface area contributed by atoms with Crippen molar-refractivity contribution in [2.45, 2.75) is 50.5 Å². The summed E-state index contributed by atoms with van der Waals surface area (Å²) in [6.45, 7) is 7.06. The summed E-state index contributed by atoms with van der Waals surface area (Å²) >= 11 is 0. The summed E-state index contributed by atoms with van der Waals surface area (Å²) in [7, 11) is -1.04. The Bertz CT molecular complexity index is 117. The number of rotatable bonds is 1. The molecule has 1 rings (SSSR count). The molecule has 1 fully saturated rings. The lowest BCUT2D eigenvalue weighted by Crippen LogP contribution is -2.32. The molecule has 10 heavy (non-hydrogen) atoms. The minimum absolute atomic E-state index is 0.0340. The zero-order chi connectivity index (χ0) is 7.78. The topological polar surface area (TPSA) is 20.2 Å². The third-order valence-corrected chi connectivity index (χ3v) is 5.49. The summed E-state index contributed by atoms with van der Waals surface area (Å²) in [4.78, 5) is 0. The highest BCUT2D eigenvalue weighted by molar-refractivity contribution is 6.77. The predicted octanol–water partition coefficient (Wildman–Crippen LogP) is 2.24. The highest BCUT2D eigenvalue weighted by Crippen LogP contribution is 2.38. The van der Waals surface area contributed by atoms with Crippen LogP contribution in [0, 0.1) is 0 Å². The Kier molecular flexibility index (Phi) is 2.20. The first-order valence-corrected chi connectivity index (χ1v) is 7.77. The molecule has 0 aliphatic heterocycles. The van der Waals surface area contributed by atoms with E-state index in [0.717, 1.165) is 6.42 Å². The molecule has 60 valence electrons. The lowest BCUT2D eigenvalue weighted by atomic mass is 10.3. The van der Waals surface area contributed by atoms with E-state index in [1.54, 1.807) is 0 Å². The zero-order valence-corrected chi connectivity index (χ0v) is 8.22. The molecule has 0 amide bonds. The second-order valence-electron chi connectivity index (χ2n) is 4.47. The van der Waals surface area contributed by atoms with Crippen LogP contribution in [-0.4, -0.2) is 19.3 Å². The molecular formula is C8H18OSi. The largest absolute Gasteiger partial charge is 0.393 e. The van der Waals surface area contributed by atoms with Crippen molar-refractivity contribution in [1.29, 1.82) is 0 Å². The van der Waals surface area contributed by atoms with Crippen molar-refractivity contribution < 1.29 is 5.11 Å². The molecule has 2 heteroatoms.